The molecule has 1 aliphatic carbocycles. The highest BCUT2D eigenvalue weighted by Gasteiger charge is 2.45. The van der Waals surface area contributed by atoms with Crippen molar-refractivity contribution in [3.8, 4) is 29.1 Å². The highest BCUT2D eigenvalue weighted by molar-refractivity contribution is 6.02. The minimum atomic E-state index is -0.603. The van der Waals surface area contributed by atoms with Crippen molar-refractivity contribution in [3.05, 3.63) is 64.6 Å². The number of ether oxygens (including phenoxy) is 4. The van der Waals surface area contributed by atoms with Crippen molar-refractivity contribution in [2.75, 3.05) is 25.9 Å². The molecule has 2 aromatic rings. The largest absolute Gasteiger partial charge is 0.497 e. The number of ketones is 1. The molecule has 0 saturated carbocycles. The van der Waals surface area contributed by atoms with Gasteiger partial charge < -0.3 is 24.7 Å². The third-order valence-electron chi connectivity index (χ3n) is 6.74. The lowest BCUT2D eigenvalue weighted by Crippen LogP contribution is -2.42. The number of carbonyl (C=O) groups excluding carboxylic acids is 1. The summed E-state index contributed by atoms with van der Waals surface area (Å²) in [5.74, 6) is 2.03. The average molecular weight is 474 g/mol. The van der Waals surface area contributed by atoms with Gasteiger partial charge in [0.05, 0.1) is 37.5 Å². The number of hydrogen-bond acceptors (Lipinski definition) is 8. The zero-order chi connectivity index (χ0) is 24.9. The fourth-order valence-electron chi connectivity index (χ4n) is 5.18. The topological polar surface area (TPSA) is 107 Å². The zero-order valence-electron chi connectivity index (χ0n) is 20.2. The summed E-state index contributed by atoms with van der Waals surface area (Å²) in [5.41, 5.74) is 9.50. The molecule has 5 rings (SSSR count). The Bertz CT molecular complexity index is 1330. The Morgan fingerprint density at radius 3 is 2.57 bits per heavy atom. The molecule has 8 heteroatoms. The van der Waals surface area contributed by atoms with Crippen molar-refractivity contribution in [2.24, 2.45) is 11.1 Å². The molecule has 2 N–H and O–H groups in total. The molecular formula is C27H27N3O5. The summed E-state index contributed by atoms with van der Waals surface area (Å²) in [7, 11) is 3.14. The maximum Gasteiger partial charge on any atom is 0.231 e. The molecule has 0 spiro atoms. The molecule has 0 saturated heterocycles. The predicted octanol–water partition coefficient (Wildman–Crippen LogP) is 4.37. The smallest absolute Gasteiger partial charge is 0.231 e. The summed E-state index contributed by atoms with van der Waals surface area (Å²) in [6.07, 6.45) is 0.975. The van der Waals surface area contributed by atoms with Crippen molar-refractivity contribution in [1.29, 1.82) is 5.26 Å². The first kappa shape index (κ1) is 22.7. The second-order valence-electron chi connectivity index (χ2n) is 9.63. The van der Waals surface area contributed by atoms with Gasteiger partial charge in [-0.15, -0.1) is 0 Å². The van der Waals surface area contributed by atoms with Crippen LogP contribution in [0.5, 0.6) is 23.0 Å². The van der Waals surface area contributed by atoms with E-state index >= 15 is 0 Å². The van der Waals surface area contributed by atoms with E-state index in [2.05, 4.69) is 19.9 Å². The first-order valence-electron chi connectivity index (χ1n) is 11.4. The fourth-order valence-corrected chi connectivity index (χ4v) is 5.18. The molecule has 2 aromatic carbocycles. The number of allylic oxidation sites excluding steroid dienone is 3. The monoisotopic (exact) mass is 473 g/mol. The van der Waals surface area contributed by atoms with Gasteiger partial charge in [-0.05, 0) is 41.7 Å². The molecule has 0 radical (unpaired) electrons. The zero-order valence-corrected chi connectivity index (χ0v) is 20.2. The van der Waals surface area contributed by atoms with Gasteiger partial charge in [0.15, 0.2) is 17.3 Å². The third-order valence-corrected chi connectivity index (χ3v) is 6.74. The Hall–Kier alpha value is -4.12. The minimum Gasteiger partial charge on any atom is -0.497 e. The van der Waals surface area contributed by atoms with Gasteiger partial charge in [-0.1, -0.05) is 19.9 Å². The van der Waals surface area contributed by atoms with Crippen LogP contribution in [0.1, 0.15) is 38.2 Å². The van der Waals surface area contributed by atoms with Crippen LogP contribution in [0, 0.1) is 16.7 Å². The molecule has 2 heterocycles. The van der Waals surface area contributed by atoms with Crippen LogP contribution in [-0.2, 0) is 4.79 Å². The summed E-state index contributed by atoms with van der Waals surface area (Å²) < 4.78 is 22.0. The third kappa shape index (κ3) is 3.64. The molecule has 1 atom stereocenters. The van der Waals surface area contributed by atoms with Crippen LogP contribution in [0.4, 0.5) is 5.69 Å². The number of fused-ring (bicyclic) bond motifs is 1. The summed E-state index contributed by atoms with van der Waals surface area (Å²) in [6, 6.07) is 13.2. The van der Waals surface area contributed by atoms with Crippen molar-refractivity contribution < 1.29 is 23.7 Å². The molecule has 0 aromatic heterocycles. The molecule has 180 valence electrons. The van der Waals surface area contributed by atoms with Gasteiger partial charge in [0.1, 0.15) is 17.3 Å². The van der Waals surface area contributed by atoms with Crippen LogP contribution < -0.4 is 29.6 Å². The van der Waals surface area contributed by atoms with Crippen LogP contribution in [-0.4, -0.2) is 26.8 Å². The van der Waals surface area contributed by atoms with Gasteiger partial charge in [0, 0.05) is 23.8 Å². The number of rotatable bonds is 4. The number of nitriles is 1. The second-order valence-corrected chi connectivity index (χ2v) is 9.63. The van der Waals surface area contributed by atoms with E-state index in [0.29, 0.717) is 52.7 Å². The van der Waals surface area contributed by atoms with E-state index in [-0.39, 0.29) is 23.8 Å². The van der Waals surface area contributed by atoms with Crippen molar-refractivity contribution in [2.45, 2.75) is 32.6 Å². The van der Waals surface area contributed by atoms with Crippen LogP contribution in [0.15, 0.2) is 59.1 Å². The quantitative estimate of drug-likeness (QED) is 0.698. The molecule has 0 fully saturated rings. The predicted molar refractivity (Wildman–Crippen MR) is 129 cm³/mol. The number of hydrogen-bond donors (Lipinski definition) is 1. The first-order chi connectivity index (χ1) is 16.8. The van der Waals surface area contributed by atoms with Gasteiger partial charge in [0.25, 0.3) is 0 Å². The Morgan fingerprint density at radius 1 is 1.09 bits per heavy atom. The van der Waals surface area contributed by atoms with Gasteiger partial charge in [-0.25, -0.2) is 0 Å². The Balaban J connectivity index is 1.76. The number of anilines is 1. The summed E-state index contributed by atoms with van der Waals surface area (Å²) in [4.78, 5) is 15.5. The minimum absolute atomic E-state index is 0.00311. The number of Topliss-reactive ketones (excluding diaryl/α,β-unsaturated/α-hetero) is 1. The van der Waals surface area contributed by atoms with E-state index in [4.69, 9.17) is 24.7 Å². The number of benzene rings is 2. The SMILES string of the molecule is COc1ccc(N2C(N)=C(C#N)C(c3ccc4c(c3)OCO4)C3=C2CC(C)(C)CC3=O)c(OC)c1. The van der Waals surface area contributed by atoms with Gasteiger partial charge in [-0.3, -0.25) is 9.69 Å². The van der Waals surface area contributed by atoms with Crippen molar-refractivity contribution >= 4 is 11.5 Å². The van der Waals surface area contributed by atoms with Gasteiger partial charge in [-0.2, -0.15) is 5.26 Å². The second kappa shape index (κ2) is 8.27. The van der Waals surface area contributed by atoms with Gasteiger partial charge >= 0.3 is 0 Å². The maximum atomic E-state index is 13.7. The molecular weight excluding hydrogens is 446 g/mol. The first-order valence-corrected chi connectivity index (χ1v) is 11.4. The van der Waals surface area contributed by atoms with Crippen molar-refractivity contribution in [3.63, 3.8) is 0 Å². The molecule has 8 nitrogen and oxygen atoms in total. The Morgan fingerprint density at radius 2 is 1.86 bits per heavy atom. The van der Waals surface area contributed by atoms with Crippen molar-refractivity contribution in [1.82, 2.24) is 0 Å². The van der Waals surface area contributed by atoms with Crippen LogP contribution in [0.3, 0.4) is 0 Å². The molecule has 2 aliphatic heterocycles. The summed E-state index contributed by atoms with van der Waals surface area (Å²) in [5, 5.41) is 10.3. The molecule has 1 unspecified atom stereocenters. The molecule has 0 bridgehead atoms. The molecule has 35 heavy (non-hydrogen) atoms. The van der Waals surface area contributed by atoms with E-state index < -0.39 is 5.92 Å². The highest BCUT2D eigenvalue weighted by atomic mass is 16.7. The Labute approximate surface area is 204 Å². The number of nitrogens with two attached hydrogens (primary N) is 1. The van der Waals surface area contributed by atoms with Crippen LogP contribution >= 0.6 is 0 Å². The normalized spacial score (nSPS) is 20.5. The van der Waals surface area contributed by atoms with E-state index in [1.165, 1.54) is 0 Å². The highest BCUT2D eigenvalue weighted by Crippen LogP contribution is 2.52. The lowest BCUT2D eigenvalue weighted by molar-refractivity contribution is -0.118. The summed E-state index contributed by atoms with van der Waals surface area (Å²) in [6.45, 7) is 4.26. The number of methoxy groups -OCH3 is 2. The van der Waals surface area contributed by atoms with E-state index in [1.807, 2.05) is 18.2 Å². The average Bonchev–Trinajstić information content (AvgIpc) is 3.30. The van der Waals surface area contributed by atoms with Crippen LogP contribution in [0.25, 0.3) is 0 Å². The fraction of sp³-hybridized carbons (Fsp3) is 0.333. The van der Waals surface area contributed by atoms with E-state index in [0.717, 1.165) is 11.3 Å². The van der Waals surface area contributed by atoms with Gasteiger partial charge in [0.2, 0.25) is 6.79 Å². The number of carbonyl (C=O) groups is 1. The Kier molecular flexibility index (Phi) is 5.36. The number of nitrogens with zero attached hydrogens (tertiary/aromatic N) is 2. The molecule has 3 aliphatic rings. The van der Waals surface area contributed by atoms with Crippen LogP contribution in [0.2, 0.25) is 0 Å². The standard InChI is InChI=1S/C27H27N3O5/c1-27(2)11-19-25(20(31)12-27)24(15-5-8-21-23(9-15)35-14-34-21)17(13-28)26(29)30(19)18-7-6-16(32-3)10-22(18)33-4/h5-10,24H,11-12,14,29H2,1-4H3. The van der Waals surface area contributed by atoms with E-state index in [9.17, 15) is 10.1 Å². The lowest BCUT2D eigenvalue weighted by atomic mass is 9.68. The lowest BCUT2D eigenvalue weighted by Gasteiger charge is -2.44. The van der Waals surface area contributed by atoms with E-state index in [1.54, 1.807) is 37.3 Å². The summed E-state index contributed by atoms with van der Waals surface area (Å²) >= 11 is 0. The maximum absolute atomic E-state index is 13.7. The molecule has 0 amide bonds.